The Morgan fingerprint density at radius 1 is 1.26 bits per heavy atom. The molecule has 0 aromatic rings. The van der Waals surface area contributed by atoms with Crippen LogP contribution in [0.1, 0.15) is 58.3 Å². The first-order chi connectivity index (χ1) is 9.10. The number of rotatable bonds is 11. The Morgan fingerprint density at radius 2 is 2.00 bits per heavy atom. The first-order valence-corrected chi connectivity index (χ1v) is 7.02. The Kier molecular flexibility index (Phi) is 10.7. The van der Waals surface area contributed by atoms with E-state index in [1.54, 1.807) is 0 Å². The van der Waals surface area contributed by atoms with Gasteiger partial charge in [-0.2, -0.15) is 0 Å². The second-order valence-corrected chi connectivity index (χ2v) is 4.76. The van der Waals surface area contributed by atoms with Crippen molar-refractivity contribution < 1.29 is 14.7 Å². The number of aliphatic carboxylic acids is 1. The standard InChI is InChI=1S/C15H25NO3/c1-3-5-6-7-8-14(17)16-12-11-13(4-2)9-10-15(18)19/h1,13H,4-12H2,2H3,(H,16,17)(H,18,19). The SMILES string of the molecule is C#CCCCCC(=O)NCCC(CC)CCC(=O)O. The first-order valence-electron chi connectivity index (χ1n) is 7.02. The van der Waals surface area contributed by atoms with Gasteiger partial charge in [-0.25, -0.2) is 0 Å². The van der Waals surface area contributed by atoms with Crippen molar-refractivity contribution in [3.8, 4) is 12.3 Å². The molecule has 0 saturated heterocycles. The third-order valence-corrected chi connectivity index (χ3v) is 3.19. The zero-order valence-electron chi connectivity index (χ0n) is 11.8. The Morgan fingerprint density at radius 3 is 2.58 bits per heavy atom. The van der Waals surface area contributed by atoms with Crippen molar-refractivity contribution in [3.05, 3.63) is 0 Å². The van der Waals surface area contributed by atoms with E-state index in [-0.39, 0.29) is 12.3 Å². The van der Waals surface area contributed by atoms with Crippen LogP contribution >= 0.6 is 0 Å². The third-order valence-electron chi connectivity index (χ3n) is 3.19. The molecule has 19 heavy (non-hydrogen) atoms. The van der Waals surface area contributed by atoms with Crippen molar-refractivity contribution in [3.63, 3.8) is 0 Å². The Labute approximate surface area is 116 Å². The van der Waals surface area contributed by atoms with Crippen LogP contribution in [-0.2, 0) is 9.59 Å². The van der Waals surface area contributed by atoms with Crippen LogP contribution in [0.4, 0.5) is 0 Å². The maximum atomic E-state index is 11.5. The number of unbranched alkanes of at least 4 members (excludes halogenated alkanes) is 2. The Bertz CT molecular complexity index is 307. The zero-order valence-corrected chi connectivity index (χ0v) is 11.8. The van der Waals surface area contributed by atoms with E-state index in [4.69, 9.17) is 11.5 Å². The average Bonchev–Trinajstić information content (AvgIpc) is 2.38. The van der Waals surface area contributed by atoms with Gasteiger partial charge >= 0.3 is 5.97 Å². The number of hydrogen-bond donors (Lipinski definition) is 2. The molecule has 0 bridgehead atoms. The molecule has 0 rings (SSSR count). The summed E-state index contributed by atoms with van der Waals surface area (Å²) in [6, 6.07) is 0. The molecule has 2 N–H and O–H groups in total. The fourth-order valence-electron chi connectivity index (χ4n) is 1.90. The van der Waals surface area contributed by atoms with Gasteiger partial charge in [0.1, 0.15) is 0 Å². The summed E-state index contributed by atoms with van der Waals surface area (Å²) < 4.78 is 0. The predicted octanol–water partition coefficient (Wildman–Crippen LogP) is 2.58. The lowest BCUT2D eigenvalue weighted by atomic mass is 9.96. The fraction of sp³-hybridized carbons (Fsp3) is 0.733. The van der Waals surface area contributed by atoms with E-state index in [2.05, 4.69) is 11.2 Å². The summed E-state index contributed by atoms with van der Waals surface area (Å²) in [4.78, 5) is 22.0. The lowest BCUT2D eigenvalue weighted by molar-refractivity contribution is -0.137. The number of carbonyl (C=O) groups excluding carboxylic acids is 1. The minimum Gasteiger partial charge on any atom is -0.481 e. The van der Waals surface area contributed by atoms with Gasteiger partial charge in [-0.05, 0) is 31.6 Å². The number of hydrogen-bond acceptors (Lipinski definition) is 2. The van der Waals surface area contributed by atoms with Crippen molar-refractivity contribution in [2.75, 3.05) is 6.54 Å². The van der Waals surface area contributed by atoms with Crippen LogP contribution in [0.5, 0.6) is 0 Å². The Balaban J connectivity index is 3.60. The van der Waals surface area contributed by atoms with Crippen LogP contribution < -0.4 is 5.32 Å². The molecule has 1 unspecified atom stereocenters. The van der Waals surface area contributed by atoms with E-state index in [1.165, 1.54) is 0 Å². The summed E-state index contributed by atoms with van der Waals surface area (Å²) in [7, 11) is 0. The highest BCUT2D eigenvalue weighted by Gasteiger charge is 2.09. The number of carboxylic acid groups (broad SMARTS) is 1. The molecule has 0 spiro atoms. The highest BCUT2D eigenvalue weighted by molar-refractivity contribution is 5.75. The second-order valence-electron chi connectivity index (χ2n) is 4.76. The molecule has 0 saturated carbocycles. The molecule has 4 heteroatoms. The maximum Gasteiger partial charge on any atom is 0.303 e. The Hall–Kier alpha value is -1.50. The van der Waals surface area contributed by atoms with E-state index in [9.17, 15) is 9.59 Å². The van der Waals surface area contributed by atoms with Crippen LogP contribution in [0.3, 0.4) is 0 Å². The van der Waals surface area contributed by atoms with E-state index >= 15 is 0 Å². The van der Waals surface area contributed by atoms with Gasteiger partial charge in [-0.3, -0.25) is 9.59 Å². The van der Waals surface area contributed by atoms with E-state index in [0.717, 1.165) is 32.1 Å². The maximum absolute atomic E-state index is 11.5. The molecule has 4 nitrogen and oxygen atoms in total. The second kappa shape index (κ2) is 11.6. The highest BCUT2D eigenvalue weighted by atomic mass is 16.4. The average molecular weight is 267 g/mol. The van der Waals surface area contributed by atoms with E-state index in [0.29, 0.717) is 25.3 Å². The van der Waals surface area contributed by atoms with Crippen molar-refractivity contribution in [2.45, 2.75) is 58.3 Å². The summed E-state index contributed by atoms with van der Waals surface area (Å²) in [5, 5.41) is 11.5. The summed E-state index contributed by atoms with van der Waals surface area (Å²) in [6.45, 7) is 2.68. The molecule has 0 aliphatic rings. The van der Waals surface area contributed by atoms with Crippen LogP contribution in [0.15, 0.2) is 0 Å². The van der Waals surface area contributed by atoms with Crippen LogP contribution in [0.2, 0.25) is 0 Å². The van der Waals surface area contributed by atoms with Gasteiger partial charge in [0.25, 0.3) is 0 Å². The topological polar surface area (TPSA) is 66.4 Å². The molecular weight excluding hydrogens is 242 g/mol. The van der Waals surface area contributed by atoms with Gasteiger partial charge < -0.3 is 10.4 Å². The van der Waals surface area contributed by atoms with Gasteiger partial charge in [0.05, 0.1) is 0 Å². The summed E-state index contributed by atoms with van der Waals surface area (Å²) >= 11 is 0. The molecule has 0 radical (unpaired) electrons. The van der Waals surface area contributed by atoms with E-state index in [1.807, 2.05) is 6.92 Å². The highest BCUT2D eigenvalue weighted by Crippen LogP contribution is 2.14. The van der Waals surface area contributed by atoms with E-state index < -0.39 is 5.97 Å². The zero-order chi connectivity index (χ0) is 14.5. The first kappa shape index (κ1) is 17.5. The third kappa shape index (κ3) is 11.3. The van der Waals surface area contributed by atoms with Crippen LogP contribution in [0.25, 0.3) is 0 Å². The molecule has 108 valence electrons. The summed E-state index contributed by atoms with van der Waals surface area (Å²) in [5.74, 6) is 2.23. The summed E-state index contributed by atoms with van der Waals surface area (Å²) in [5.41, 5.74) is 0. The quantitative estimate of drug-likeness (QED) is 0.446. The molecule has 1 amide bonds. The normalized spacial score (nSPS) is 11.6. The van der Waals surface area contributed by atoms with Crippen molar-refractivity contribution in [1.82, 2.24) is 5.32 Å². The summed E-state index contributed by atoms with van der Waals surface area (Å²) in [6.07, 6.45) is 10.8. The molecule has 0 aromatic heterocycles. The number of terminal acetylenes is 1. The number of carboxylic acids is 1. The largest absolute Gasteiger partial charge is 0.481 e. The molecule has 0 fully saturated rings. The molecule has 1 atom stereocenters. The van der Waals surface area contributed by atoms with Crippen LogP contribution in [0, 0.1) is 18.3 Å². The molecule has 0 aromatic carbocycles. The van der Waals surface area contributed by atoms with Crippen molar-refractivity contribution in [2.24, 2.45) is 5.92 Å². The predicted molar refractivity (Wildman–Crippen MR) is 75.6 cm³/mol. The minimum atomic E-state index is -0.754. The number of carbonyl (C=O) groups is 2. The number of amides is 1. The lowest BCUT2D eigenvalue weighted by Crippen LogP contribution is -2.25. The monoisotopic (exact) mass is 267 g/mol. The van der Waals surface area contributed by atoms with Gasteiger partial charge in [0.15, 0.2) is 0 Å². The molecule has 0 heterocycles. The molecular formula is C15H25NO3. The van der Waals surface area contributed by atoms with Crippen molar-refractivity contribution >= 4 is 11.9 Å². The van der Waals surface area contributed by atoms with Gasteiger partial charge in [0, 0.05) is 25.8 Å². The van der Waals surface area contributed by atoms with Gasteiger partial charge in [0.2, 0.25) is 5.91 Å². The minimum absolute atomic E-state index is 0.0603. The number of nitrogens with one attached hydrogen (secondary N) is 1. The van der Waals surface area contributed by atoms with Gasteiger partial charge in [-0.1, -0.05) is 13.3 Å². The van der Waals surface area contributed by atoms with Gasteiger partial charge in [-0.15, -0.1) is 12.3 Å². The van der Waals surface area contributed by atoms with Crippen molar-refractivity contribution in [1.29, 1.82) is 0 Å². The van der Waals surface area contributed by atoms with Crippen LogP contribution in [-0.4, -0.2) is 23.5 Å². The fourth-order valence-corrected chi connectivity index (χ4v) is 1.90. The molecule has 0 aliphatic carbocycles. The lowest BCUT2D eigenvalue weighted by Gasteiger charge is -2.13. The molecule has 0 aliphatic heterocycles. The smallest absolute Gasteiger partial charge is 0.303 e.